The van der Waals surface area contributed by atoms with Crippen LogP contribution in [0.1, 0.15) is 50.0 Å². The summed E-state index contributed by atoms with van der Waals surface area (Å²) >= 11 is 0. The molecule has 4 rings (SSSR count). The quantitative estimate of drug-likeness (QED) is 0.419. The highest BCUT2D eigenvalue weighted by atomic mass is 32.2. The lowest BCUT2D eigenvalue weighted by Gasteiger charge is -2.41. The molecule has 7 nitrogen and oxygen atoms in total. The van der Waals surface area contributed by atoms with Gasteiger partial charge < -0.3 is 10.1 Å². The molecule has 1 unspecified atom stereocenters. The van der Waals surface area contributed by atoms with Gasteiger partial charge in [-0.05, 0) is 68.2 Å². The average Bonchev–Trinajstić information content (AvgIpc) is 2.90. The lowest BCUT2D eigenvalue weighted by molar-refractivity contribution is -0.148. The molecule has 2 aromatic carbocycles. The van der Waals surface area contributed by atoms with Crippen LogP contribution in [0.3, 0.4) is 0 Å². The zero-order valence-corrected chi connectivity index (χ0v) is 22.9. The van der Waals surface area contributed by atoms with Crippen molar-refractivity contribution in [3.63, 3.8) is 0 Å². The molecular formula is C29H41N3O4S. The maximum Gasteiger partial charge on any atom is 0.308 e. The molecule has 202 valence electrons. The van der Waals surface area contributed by atoms with Crippen LogP contribution in [-0.4, -0.2) is 70.1 Å². The van der Waals surface area contributed by atoms with Crippen molar-refractivity contribution in [1.29, 1.82) is 0 Å². The molecule has 1 N–H and O–H groups in total. The first kappa shape index (κ1) is 27.8. The number of ether oxygens (including phenoxy) is 1. The maximum absolute atomic E-state index is 13.2. The van der Waals surface area contributed by atoms with Crippen LogP contribution in [0.2, 0.25) is 0 Å². The van der Waals surface area contributed by atoms with E-state index in [0.29, 0.717) is 11.4 Å². The van der Waals surface area contributed by atoms with Gasteiger partial charge in [-0.3, -0.25) is 9.69 Å². The minimum atomic E-state index is -3.57. The topological polar surface area (TPSA) is 79.0 Å². The molecule has 3 atom stereocenters. The van der Waals surface area contributed by atoms with Gasteiger partial charge in [0.2, 0.25) is 10.0 Å². The first-order valence-corrected chi connectivity index (χ1v) is 14.9. The number of methoxy groups -OCH3 is 1. The summed E-state index contributed by atoms with van der Waals surface area (Å²) in [5.41, 5.74) is 1.14. The van der Waals surface area contributed by atoms with E-state index in [0.717, 1.165) is 50.4 Å². The molecule has 0 amide bonds. The summed E-state index contributed by atoms with van der Waals surface area (Å²) in [4.78, 5) is 15.0. The number of carbonyl (C=O) groups is 1. The summed E-state index contributed by atoms with van der Waals surface area (Å²) in [6.07, 6.45) is 6.34. The molecule has 2 aliphatic rings. The Kier molecular flexibility index (Phi) is 9.76. The van der Waals surface area contributed by atoms with Crippen LogP contribution in [0.15, 0.2) is 65.6 Å². The largest absolute Gasteiger partial charge is 0.469 e. The van der Waals surface area contributed by atoms with Gasteiger partial charge in [0.15, 0.2) is 0 Å². The van der Waals surface area contributed by atoms with Gasteiger partial charge in [-0.15, -0.1) is 0 Å². The molecule has 0 radical (unpaired) electrons. The monoisotopic (exact) mass is 527 g/mol. The van der Waals surface area contributed by atoms with Gasteiger partial charge in [-0.1, -0.05) is 55.0 Å². The Morgan fingerprint density at radius 1 is 1.08 bits per heavy atom. The Bertz CT molecular complexity index is 1090. The number of rotatable bonds is 12. The summed E-state index contributed by atoms with van der Waals surface area (Å²) in [6, 6.07) is 18.8. The molecule has 0 spiro atoms. The first-order valence-electron chi connectivity index (χ1n) is 13.5. The zero-order chi connectivity index (χ0) is 26.3. The number of likely N-dealkylation sites (tertiary alicyclic amines) is 1. The van der Waals surface area contributed by atoms with Gasteiger partial charge in [0.1, 0.15) is 0 Å². The van der Waals surface area contributed by atoms with Gasteiger partial charge >= 0.3 is 5.97 Å². The fraction of sp³-hybridized carbons (Fsp3) is 0.552. The van der Waals surface area contributed by atoms with Crippen molar-refractivity contribution >= 4 is 16.0 Å². The van der Waals surface area contributed by atoms with Crippen LogP contribution in [-0.2, 0) is 19.6 Å². The lowest BCUT2D eigenvalue weighted by Crippen LogP contribution is -2.53. The number of carbonyl (C=O) groups excluding carboxylic acids is 1. The van der Waals surface area contributed by atoms with Crippen LogP contribution in [0.5, 0.6) is 0 Å². The fourth-order valence-electron chi connectivity index (χ4n) is 5.47. The molecule has 0 aromatic heterocycles. The Hall–Kier alpha value is -2.26. The van der Waals surface area contributed by atoms with E-state index in [1.165, 1.54) is 30.7 Å². The molecule has 1 saturated heterocycles. The number of likely N-dealkylation sites (N-methyl/N-ethyl adjacent to an activating group) is 1. The number of sulfonamides is 1. The highest BCUT2D eigenvalue weighted by molar-refractivity contribution is 7.89. The van der Waals surface area contributed by atoms with Crippen molar-refractivity contribution in [2.75, 3.05) is 40.3 Å². The van der Waals surface area contributed by atoms with Crippen LogP contribution < -0.4 is 5.32 Å². The van der Waals surface area contributed by atoms with E-state index < -0.39 is 10.0 Å². The second-order valence-electron chi connectivity index (χ2n) is 10.5. The Labute approximate surface area is 222 Å². The molecule has 1 aliphatic carbocycles. The predicted octanol–water partition coefficient (Wildman–Crippen LogP) is 4.08. The average molecular weight is 528 g/mol. The third-order valence-electron chi connectivity index (χ3n) is 8.08. The highest BCUT2D eigenvalue weighted by Crippen LogP contribution is 2.29. The third-order valence-corrected chi connectivity index (χ3v) is 9.92. The van der Waals surface area contributed by atoms with Crippen LogP contribution in [0, 0.1) is 11.8 Å². The minimum Gasteiger partial charge on any atom is -0.469 e. The highest BCUT2D eigenvalue weighted by Gasteiger charge is 2.34. The van der Waals surface area contributed by atoms with Gasteiger partial charge in [0.25, 0.3) is 0 Å². The maximum atomic E-state index is 13.2. The zero-order valence-electron chi connectivity index (χ0n) is 22.1. The molecule has 2 fully saturated rings. The van der Waals surface area contributed by atoms with E-state index in [2.05, 4.69) is 22.3 Å². The van der Waals surface area contributed by atoms with Crippen molar-refractivity contribution in [3.05, 3.63) is 66.2 Å². The molecule has 8 heteroatoms. The number of nitrogens with one attached hydrogen (secondary N) is 1. The lowest BCUT2D eigenvalue weighted by atomic mass is 9.85. The summed E-state index contributed by atoms with van der Waals surface area (Å²) in [6.45, 7) is 3.03. The van der Waals surface area contributed by atoms with Crippen molar-refractivity contribution in [1.82, 2.24) is 14.5 Å². The first-order chi connectivity index (χ1) is 17.9. The summed E-state index contributed by atoms with van der Waals surface area (Å²) in [5, 5.41) is 3.74. The standard InChI is InChI=1S/C29H41N3O4S/c1-31(37(34,35)27-14-7-4-8-15-27)22-26(24-12-5-3-6-13-24)17-19-32-18-16-25(29(33)36-2)20-28(32)30-21-23-10-9-11-23/h3-8,12-15,23,25-26,28,30H,9-11,16-22H2,1-2H3/t25-,26?,28+/m0/s1. The van der Waals surface area contributed by atoms with Gasteiger partial charge in [-0.25, -0.2) is 12.7 Å². The van der Waals surface area contributed by atoms with Gasteiger partial charge in [0, 0.05) is 26.7 Å². The fourth-order valence-corrected chi connectivity index (χ4v) is 6.70. The summed E-state index contributed by atoms with van der Waals surface area (Å²) in [7, 11) is -0.436. The van der Waals surface area contributed by atoms with Crippen LogP contribution in [0.4, 0.5) is 0 Å². The molecule has 37 heavy (non-hydrogen) atoms. The van der Waals surface area contributed by atoms with E-state index in [4.69, 9.17) is 4.74 Å². The van der Waals surface area contributed by atoms with Crippen LogP contribution >= 0.6 is 0 Å². The van der Waals surface area contributed by atoms with E-state index >= 15 is 0 Å². The summed E-state index contributed by atoms with van der Waals surface area (Å²) < 4.78 is 33.0. The minimum absolute atomic E-state index is 0.0512. The van der Waals surface area contributed by atoms with Crippen molar-refractivity contribution in [2.45, 2.75) is 55.5 Å². The SMILES string of the molecule is COC(=O)[C@H]1CCN(CCC(CN(C)S(=O)(=O)c2ccccc2)c2ccccc2)[C@@H](NCC2CCC2)C1. The normalized spacial score (nSPS) is 21.9. The van der Waals surface area contributed by atoms with E-state index in [1.807, 2.05) is 24.3 Å². The Morgan fingerprint density at radius 2 is 1.76 bits per heavy atom. The summed E-state index contributed by atoms with van der Waals surface area (Å²) in [5.74, 6) is 0.585. The second-order valence-corrected chi connectivity index (χ2v) is 12.5. The number of piperidine rings is 1. The van der Waals surface area contributed by atoms with E-state index in [1.54, 1.807) is 31.3 Å². The van der Waals surface area contributed by atoms with Crippen molar-refractivity contribution < 1.29 is 17.9 Å². The van der Waals surface area contributed by atoms with E-state index in [-0.39, 0.29) is 24.0 Å². The molecule has 1 saturated carbocycles. The number of benzene rings is 2. The van der Waals surface area contributed by atoms with Gasteiger partial charge in [-0.2, -0.15) is 0 Å². The smallest absolute Gasteiger partial charge is 0.308 e. The Balaban J connectivity index is 1.45. The number of hydrogen-bond donors (Lipinski definition) is 1. The number of nitrogens with zero attached hydrogens (tertiary/aromatic N) is 2. The molecular weight excluding hydrogens is 486 g/mol. The molecule has 1 heterocycles. The number of esters is 1. The number of hydrogen-bond acceptors (Lipinski definition) is 6. The van der Waals surface area contributed by atoms with Crippen LogP contribution in [0.25, 0.3) is 0 Å². The Morgan fingerprint density at radius 3 is 2.38 bits per heavy atom. The molecule has 1 aliphatic heterocycles. The van der Waals surface area contributed by atoms with Crippen molar-refractivity contribution in [2.24, 2.45) is 11.8 Å². The molecule has 2 aromatic rings. The third kappa shape index (κ3) is 7.19. The van der Waals surface area contributed by atoms with E-state index in [9.17, 15) is 13.2 Å². The van der Waals surface area contributed by atoms with Gasteiger partial charge in [0.05, 0.1) is 24.1 Å². The molecule has 0 bridgehead atoms. The van der Waals surface area contributed by atoms with Crippen molar-refractivity contribution in [3.8, 4) is 0 Å². The second kappa shape index (κ2) is 13.0. The predicted molar refractivity (Wildman–Crippen MR) is 146 cm³/mol.